The van der Waals surface area contributed by atoms with Gasteiger partial charge in [0.15, 0.2) is 5.65 Å². The van der Waals surface area contributed by atoms with E-state index in [-0.39, 0.29) is 11.5 Å². The molecule has 0 fully saturated rings. The summed E-state index contributed by atoms with van der Waals surface area (Å²) in [5.74, 6) is 0.173. The molecule has 0 aromatic carbocycles. The number of aliphatic imine (C=N–C) groups is 1. The number of carbonyl (C=O) groups is 2. The van der Waals surface area contributed by atoms with Crippen molar-refractivity contribution in [2.45, 2.75) is 48.5 Å². The second kappa shape index (κ2) is 8.14. The van der Waals surface area contributed by atoms with Crippen LogP contribution in [0.2, 0.25) is 0 Å². The number of pyridine rings is 1. The molecule has 0 spiro atoms. The number of allylic oxidation sites excluding steroid dienone is 1. The number of nitrogens with one attached hydrogen (secondary N) is 1. The monoisotopic (exact) mass is 394 g/mol. The fourth-order valence-corrected chi connectivity index (χ4v) is 3.16. The van der Waals surface area contributed by atoms with Gasteiger partial charge in [-0.15, -0.1) is 5.10 Å². The van der Waals surface area contributed by atoms with Gasteiger partial charge < -0.3 is 0 Å². The predicted molar refractivity (Wildman–Crippen MR) is 108 cm³/mol. The number of carbonyl (C=O) groups excluding carboxylic acids is 2. The molecule has 29 heavy (non-hydrogen) atoms. The molecule has 0 saturated carbocycles. The lowest BCUT2D eigenvalue weighted by Crippen LogP contribution is -2.37. The Labute approximate surface area is 167 Å². The van der Waals surface area contributed by atoms with Crippen LogP contribution in [-0.2, 0) is 4.79 Å². The number of fused-ring (bicyclic) bond motifs is 1. The highest BCUT2D eigenvalue weighted by atomic mass is 16.2. The standard InChI is InChI=1S/C12H12N4O.C8H10N2O2/c1-6(2)10-7(3)9(5-13)12(17)16-11(10)14-8(4)15-16;1-4(2)6-5(3)9-8(12)10-7(6)11/h1-4H3;1-3H3,(H,10,11,12). The maximum Gasteiger partial charge on any atom is 0.348 e. The molecule has 3 amide bonds. The van der Waals surface area contributed by atoms with Gasteiger partial charge in [-0.05, 0) is 54.0 Å². The van der Waals surface area contributed by atoms with Crippen LogP contribution in [0.5, 0.6) is 0 Å². The number of amides is 3. The number of rotatable bonds is 0. The second-order valence-electron chi connectivity index (χ2n) is 7.02. The van der Waals surface area contributed by atoms with Gasteiger partial charge in [-0.1, -0.05) is 11.1 Å². The van der Waals surface area contributed by atoms with Crippen molar-refractivity contribution in [3.8, 4) is 6.07 Å². The van der Waals surface area contributed by atoms with E-state index in [0.717, 1.165) is 16.4 Å². The minimum atomic E-state index is -0.581. The Kier molecular flexibility index (Phi) is 6.07. The SMILES string of the molecule is CC(C)=c1c(C)c(C#N)c(=O)n2nc(C)nc12.CC1=NC(=O)NC(=O)C1=C(C)C. The highest BCUT2D eigenvalue weighted by Crippen LogP contribution is 2.10. The highest BCUT2D eigenvalue weighted by molar-refractivity contribution is 6.29. The van der Waals surface area contributed by atoms with E-state index < -0.39 is 11.6 Å². The van der Waals surface area contributed by atoms with Crippen LogP contribution in [0.25, 0.3) is 11.2 Å². The first-order valence-corrected chi connectivity index (χ1v) is 8.85. The van der Waals surface area contributed by atoms with Gasteiger partial charge in [0.1, 0.15) is 17.5 Å². The first kappa shape index (κ1) is 21.6. The molecule has 0 saturated heterocycles. The summed E-state index contributed by atoms with van der Waals surface area (Å²) < 4.78 is 1.21. The largest absolute Gasteiger partial charge is 0.348 e. The van der Waals surface area contributed by atoms with Crippen LogP contribution < -0.4 is 16.1 Å². The van der Waals surface area contributed by atoms with Crippen molar-refractivity contribution in [3.05, 3.63) is 43.7 Å². The maximum absolute atomic E-state index is 12.0. The average molecular weight is 394 g/mol. The molecule has 0 radical (unpaired) electrons. The molecule has 9 nitrogen and oxygen atoms in total. The predicted octanol–water partition coefficient (Wildman–Crippen LogP) is 1.52. The summed E-state index contributed by atoms with van der Waals surface area (Å²) in [4.78, 5) is 41.8. The summed E-state index contributed by atoms with van der Waals surface area (Å²) in [6.07, 6.45) is 0. The first-order valence-electron chi connectivity index (χ1n) is 8.85. The lowest BCUT2D eigenvalue weighted by Gasteiger charge is -2.12. The molecule has 0 aliphatic carbocycles. The second-order valence-corrected chi connectivity index (χ2v) is 7.02. The lowest BCUT2D eigenvalue weighted by molar-refractivity contribution is -0.116. The molecule has 0 atom stereocenters. The topological polar surface area (TPSA) is 130 Å². The Bertz CT molecular complexity index is 1250. The average Bonchev–Trinajstić information content (AvgIpc) is 2.95. The highest BCUT2D eigenvalue weighted by Gasteiger charge is 2.22. The first-order chi connectivity index (χ1) is 13.5. The van der Waals surface area contributed by atoms with Crippen molar-refractivity contribution in [1.82, 2.24) is 19.9 Å². The fraction of sp³-hybridized carbons (Fsp3) is 0.350. The quantitative estimate of drug-likeness (QED) is 0.674. The van der Waals surface area contributed by atoms with Crippen molar-refractivity contribution in [1.29, 1.82) is 5.26 Å². The van der Waals surface area contributed by atoms with Gasteiger partial charge in [0.05, 0.1) is 11.3 Å². The zero-order valence-corrected chi connectivity index (χ0v) is 17.5. The summed E-state index contributed by atoms with van der Waals surface area (Å²) in [5.41, 5.74) is 3.82. The fourth-order valence-electron chi connectivity index (χ4n) is 3.16. The number of hydrogen-bond acceptors (Lipinski definition) is 6. The third kappa shape index (κ3) is 4.11. The van der Waals surface area contributed by atoms with E-state index in [1.54, 1.807) is 20.8 Å². The maximum atomic E-state index is 12.0. The third-order valence-electron chi connectivity index (χ3n) is 4.28. The van der Waals surface area contributed by atoms with E-state index in [4.69, 9.17) is 5.26 Å². The zero-order valence-electron chi connectivity index (χ0n) is 17.5. The van der Waals surface area contributed by atoms with Crippen LogP contribution in [0.1, 0.15) is 51.6 Å². The third-order valence-corrected chi connectivity index (χ3v) is 4.28. The summed E-state index contributed by atoms with van der Waals surface area (Å²) >= 11 is 0. The smallest absolute Gasteiger partial charge is 0.272 e. The molecule has 3 rings (SSSR count). The van der Waals surface area contributed by atoms with E-state index in [9.17, 15) is 14.4 Å². The molecular formula is C20H22N6O3. The number of urea groups is 1. The van der Waals surface area contributed by atoms with Gasteiger partial charge in [0.2, 0.25) is 0 Å². The molecule has 1 N–H and O–H groups in total. The summed E-state index contributed by atoms with van der Waals surface area (Å²) in [6, 6.07) is 1.36. The number of nitriles is 1. The Balaban J connectivity index is 0.000000221. The molecule has 9 heteroatoms. The van der Waals surface area contributed by atoms with Gasteiger partial charge in [0.25, 0.3) is 11.5 Å². The normalized spacial score (nSPS) is 13.3. The van der Waals surface area contributed by atoms with Crippen LogP contribution in [0.3, 0.4) is 0 Å². The summed E-state index contributed by atoms with van der Waals surface area (Å²) in [7, 11) is 0. The minimum Gasteiger partial charge on any atom is -0.272 e. The molecule has 2 aromatic rings. The van der Waals surface area contributed by atoms with Crippen LogP contribution in [0.15, 0.2) is 20.9 Å². The Morgan fingerprint density at radius 2 is 1.66 bits per heavy atom. The number of aromatic nitrogens is 3. The molecule has 150 valence electrons. The number of hydrogen-bond donors (Lipinski definition) is 1. The van der Waals surface area contributed by atoms with E-state index in [1.807, 2.05) is 33.8 Å². The van der Waals surface area contributed by atoms with Crippen molar-refractivity contribution < 1.29 is 9.59 Å². The number of aryl methyl sites for hydroxylation is 1. The molecule has 1 aliphatic heterocycles. The molecule has 0 bridgehead atoms. The van der Waals surface area contributed by atoms with Crippen molar-refractivity contribution in [2.24, 2.45) is 4.99 Å². The Morgan fingerprint density at radius 1 is 1.03 bits per heavy atom. The van der Waals surface area contributed by atoms with E-state index in [2.05, 4.69) is 20.4 Å². The van der Waals surface area contributed by atoms with Gasteiger partial charge in [-0.2, -0.15) is 14.8 Å². The van der Waals surface area contributed by atoms with Gasteiger partial charge in [-0.25, -0.2) is 9.78 Å². The van der Waals surface area contributed by atoms with E-state index in [0.29, 0.717) is 28.3 Å². The Hall–Kier alpha value is -3.67. The minimum absolute atomic E-state index is 0.138. The zero-order chi connectivity index (χ0) is 22.0. The van der Waals surface area contributed by atoms with Crippen molar-refractivity contribution in [2.75, 3.05) is 0 Å². The van der Waals surface area contributed by atoms with E-state index in [1.165, 1.54) is 4.52 Å². The summed E-state index contributed by atoms with van der Waals surface area (Å²) in [5, 5.41) is 16.0. The van der Waals surface area contributed by atoms with Crippen molar-refractivity contribution in [3.63, 3.8) is 0 Å². The lowest BCUT2D eigenvalue weighted by atomic mass is 10.0. The number of imide groups is 1. The van der Waals surface area contributed by atoms with Crippen LogP contribution in [0.4, 0.5) is 4.79 Å². The van der Waals surface area contributed by atoms with Crippen LogP contribution in [0, 0.1) is 25.2 Å². The molecule has 0 unspecified atom stereocenters. The van der Waals surface area contributed by atoms with Crippen LogP contribution >= 0.6 is 0 Å². The van der Waals surface area contributed by atoms with Crippen molar-refractivity contribution >= 4 is 28.9 Å². The number of nitrogens with zero attached hydrogens (tertiary/aromatic N) is 5. The molecule has 2 aromatic heterocycles. The van der Waals surface area contributed by atoms with Gasteiger partial charge >= 0.3 is 6.03 Å². The van der Waals surface area contributed by atoms with Gasteiger partial charge in [0, 0.05) is 5.22 Å². The van der Waals surface area contributed by atoms with Crippen LogP contribution in [-0.4, -0.2) is 32.2 Å². The molecular weight excluding hydrogens is 372 g/mol. The molecule has 1 aliphatic rings. The van der Waals surface area contributed by atoms with Gasteiger partial charge in [-0.3, -0.25) is 14.9 Å². The molecule has 3 heterocycles. The van der Waals surface area contributed by atoms with E-state index >= 15 is 0 Å². The Morgan fingerprint density at radius 3 is 2.14 bits per heavy atom. The summed E-state index contributed by atoms with van der Waals surface area (Å²) in [6.45, 7) is 12.6.